The number of methoxy groups -OCH3 is 2. The number of rotatable bonds is 10. The summed E-state index contributed by atoms with van der Waals surface area (Å²) >= 11 is 1.43. The van der Waals surface area contributed by atoms with E-state index in [1.165, 1.54) is 23.9 Å². The Labute approximate surface area is 185 Å². The van der Waals surface area contributed by atoms with Crippen molar-refractivity contribution in [3.63, 3.8) is 0 Å². The van der Waals surface area contributed by atoms with Crippen LogP contribution in [0.25, 0.3) is 0 Å². The van der Waals surface area contributed by atoms with Gasteiger partial charge < -0.3 is 19.5 Å². The molecule has 1 N–H and O–H groups in total. The van der Waals surface area contributed by atoms with E-state index >= 15 is 0 Å². The van der Waals surface area contributed by atoms with Crippen LogP contribution in [-0.2, 0) is 17.9 Å². The van der Waals surface area contributed by atoms with Crippen LogP contribution in [0.3, 0.4) is 0 Å². The van der Waals surface area contributed by atoms with E-state index < -0.39 is 0 Å². The van der Waals surface area contributed by atoms with Crippen molar-refractivity contribution in [3.8, 4) is 17.2 Å². The number of halogens is 1. The highest BCUT2D eigenvalue weighted by Gasteiger charge is 2.08. The molecule has 0 spiro atoms. The predicted octanol–water partition coefficient (Wildman–Crippen LogP) is 4.83. The first-order valence-electron chi connectivity index (χ1n) is 9.65. The van der Waals surface area contributed by atoms with E-state index in [9.17, 15) is 9.18 Å². The SMILES string of the molecule is COc1ccc(SCC(=O)NCc2ccc(OCc3ccc(F)cc3)cc2)cc1OC. The fourth-order valence-corrected chi connectivity index (χ4v) is 3.51. The molecule has 162 valence electrons. The molecule has 0 aliphatic carbocycles. The standard InChI is InChI=1S/C24H24FNO4S/c1-28-22-12-11-21(13-23(22)29-2)31-16-24(27)26-14-17-5-9-20(10-6-17)30-15-18-3-7-19(25)8-4-18/h3-13H,14-16H2,1-2H3,(H,26,27). The van der Waals surface area contributed by atoms with Crippen LogP contribution in [0.2, 0.25) is 0 Å². The van der Waals surface area contributed by atoms with Crippen molar-refractivity contribution < 1.29 is 23.4 Å². The Morgan fingerprint density at radius 1 is 0.903 bits per heavy atom. The molecule has 3 rings (SSSR count). The minimum atomic E-state index is -0.266. The Kier molecular flexibility index (Phi) is 8.18. The van der Waals surface area contributed by atoms with E-state index in [2.05, 4.69) is 5.32 Å². The van der Waals surface area contributed by atoms with Crippen molar-refractivity contribution in [1.29, 1.82) is 0 Å². The summed E-state index contributed by atoms with van der Waals surface area (Å²) in [6.07, 6.45) is 0. The van der Waals surface area contributed by atoms with Gasteiger partial charge in [-0.2, -0.15) is 0 Å². The average molecular weight is 442 g/mol. The molecule has 0 saturated heterocycles. The monoisotopic (exact) mass is 441 g/mol. The lowest BCUT2D eigenvalue weighted by atomic mass is 10.2. The maximum absolute atomic E-state index is 12.9. The van der Waals surface area contributed by atoms with Gasteiger partial charge in [-0.15, -0.1) is 11.8 Å². The van der Waals surface area contributed by atoms with Gasteiger partial charge in [0.05, 0.1) is 20.0 Å². The Morgan fingerprint density at radius 2 is 1.58 bits per heavy atom. The lowest BCUT2D eigenvalue weighted by molar-refractivity contribution is -0.118. The maximum atomic E-state index is 12.9. The minimum absolute atomic E-state index is 0.0589. The second-order valence-electron chi connectivity index (χ2n) is 6.64. The van der Waals surface area contributed by atoms with Gasteiger partial charge in [0.15, 0.2) is 11.5 Å². The van der Waals surface area contributed by atoms with Gasteiger partial charge in [-0.05, 0) is 53.6 Å². The van der Waals surface area contributed by atoms with Crippen molar-refractivity contribution in [3.05, 3.63) is 83.7 Å². The molecule has 0 aromatic heterocycles. The van der Waals surface area contributed by atoms with Crippen molar-refractivity contribution in [2.45, 2.75) is 18.0 Å². The number of ether oxygens (including phenoxy) is 3. The van der Waals surface area contributed by atoms with E-state index in [0.29, 0.717) is 36.2 Å². The average Bonchev–Trinajstić information content (AvgIpc) is 2.81. The third kappa shape index (κ3) is 6.93. The maximum Gasteiger partial charge on any atom is 0.230 e. The van der Waals surface area contributed by atoms with Crippen LogP contribution in [0.15, 0.2) is 71.6 Å². The summed E-state index contributed by atoms with van der Waals surface area (Å²) in [6, 6.07) is 19.3. The fourth-order valence-electron chi connectivity index (χ4n) is 2.76. The van der Waals surface area contributed by atoms with Crippen LogP contribution in [0.1, 0.15) is 11.1 Å². The normalized spacial score (nSPS) is 10.4. The van der Waals surface area contributed by atoms with Gasteiger partial charge in [-0.3, -0.25) is 4.79 Å². The molecule has 3 aromatic rings. The summed E-state index contributed by atoms with van der Waals surface area (Å²) in [5.74, 6) is 1.97. The molecule has 7 heteroatoms. The van der Waals surface area contributed by atoms with Crippen LogP contribution in [0, 0.1) is 5.82 Å². The van der Waals surface area contributed by atoms with Gasteiger partial charge in [0, 0.05) is 11.4 Å². The molecule has 0 atom stereocenters. The van der Waals surface area contributed by atoms with Crippen molar-refractivity contribution in [2.24, 2.45) is 0 Å². The summed E-state index contributed by atoms with van der Waals surface area (Å²) < 4.78 is 29.1. The highest BCUT2D eigenvalue weighted by atomic mass is 32.2. The summed E-state index contributed by atoms with van der Waals surface area (Å²) in [7, 11) is 3.17. The number of carbonyl (C=O) groups excluding carboxylic acids is 1. The number of carbonyl (C=O) groups is 1. The molecule has 0 bridgehead atoms. The molecule has 0 unspecified atom stereocenters. The fraction of sp³-hybridized carbons (Fsp3) is 0.208. The summed E-state index contributed by atoms with van der Waals surface area (Å²) in [4.78, 5) is 13.1. The van der Waals surface area contributed by atoms with E-state index in [1.54, 1.807) is 26.4 Å². The van der Waals surface area contributed by atoms with Crippen LogP contribution in [-0.4, -0.2) is 25.9 Å². The third-order valence-electron chi connectivity index (χ3n) is 4.46. The minimum Gasteiger partial charge on any atom is -0.493 e. The van der Waals surface area contributed by atoms with E-state index in [-0.39, 0.29) is 11.7 Å². The van der Waals surface area contributed by atoms with Crippen LogP contribution < -0.4 is 19.5 Å². The Bertz CT molecular complexity index is 993. The molecule has 1 amide bonds. The van der Waals surface area contributed by atoms with Gasteiger partial charge in [0.1, 0.15) is 18.2 Å². The smallest absolute Gasteiger partial charge is 0.230 e. The number of amides is 1. The Morgan fingerprint density at radius 3 is 2.26 bits per heavy atom. The van der Waals surface area contributed by atoms with Gasteiger partial charge >= 0.3 is 0 Å². The number of hydrogen-bond donors (Lipinski definition) is 1. The Balaban J connectivity index is 1.42. The predicted molar refractivity (Wildman–Crippen MR) is 119 cm³/mol. The van der Waals surface area contributed by atoms with Gasteiger partial charge in [-0.1, -0.05) is 24.3 Å². The number of thioether (sulfide) groups is 1. The van der Waals surface area contributed by atoms with E-state index in [4.69, 9.17) is 14.2 Å². The number of hydrogen-bond acceptors (Lipinski definition) is 5. The molecule has 31 heavy (non-hydrogen) atoms. The van der Waals surface area contributed by atoms with Gasteiger partial charge in [0.2, 0.25) is 5.91 Å². The van der Waals surface area contributed by atoms with Crippen LogP contribution in [0.4, 0.5) is 4.39 Å². The van der Waals surface area contributed by atoms with Gasteiger partial charge in [0.25, 0.3) is 0 Å². The zero-order valence-corrected chi connectivity index (χ0v) is 18.2. The lowest BCUT2D eigenvalue weighted by Gasteiger charge is -2.10. The largest absolute Gasteiger partial charge is 0.493 e. The first-order valence-corrected chi connectivity index (χ1v) is 10.6. The Hall–Kier alpha value is -3.19. The molecule has 0 aliphatic rings. The van der Waals surface area contributed by atoms with Crippen molar-refractivity contribution >= 4 is 17.7 Å². The zero-order valence-electron chi connectivity index (χ0n) is 17.4. The van der Waals surface area contributed by atoms with Gasteiger partial charge in [-0.25, -0.2) is 4.39 Å². The lowest BCUT2D eigenvalue weighted by Crippen LogP contribution is -2.24. The topological polar surface area (TPSA) is 56.8 Å². The van der Waals surface area contributed by atoms with E-state index in [0.717, 1.165) is 16.0 Å². The molecule has 5 nitrogen and oxygen atoms in total. The van der Waals surface area contributed by atoms with Crippen LogP contribution >= 0.6 is 11.8 Å². The number of nitrogens with one attached hydrogen (secondary N) is 1. The third-order valence-corrected chi connectivity index (χ3v) is 5.45. The molecular formula is C24H24FNO4S. The molecule has 3 aromatic carbocycles. The second-order valence-corrected chi connectivity index (χ2v) is 7.69. The highest BCUT2D eigenvalue weighted by molar-refractivity contribution is 8.00. The van der Waals surface area contributed by atoms with Crippen LogP contribution in [0.5, 0.6) is 17.2 Å². The first kappa shape index (κ1) is 22.5. The molecule has 0 heterocycles. The second kappa shape index (κ2) is 11.3. The van der Waals surface area contributed by atoms with Crippen molar-refractivity contribution in [2.75, 3.05) is 20.0 Å². The summed E-state index contributed by atoms with van der Waals surface area (Å²) in [5, 5.41) is 2.91. The summed E-state index contributed by atoms with van der Waals surface area (Å²) in [6.45, 7) is 0.799. The molecule has 0 aliphatic heterocycles. The molecule has 0 radical (unpaired) electrons. The van der Waals surface area contributed by atoms with E-state index in [1.807, 2.05) is 42.5 Å². The zero-order chi connectivity index (χ0) is 22.1. The van der Waals surface area contributed by atoms with Crippen molar-refractivity contribution in [1.82, 2.24) is 5.32 Å². The first-order chi connectivity index (χ1) is 15.1. The quantitative estimate of drug-likeness (QED) is 0.457. The number of benzene rings is 3. The molecule has 0 fully saturated rings. The summed E-state index contributed by atoms with van der Waals surface area (Å²) in [5.41, 5.74) is 1.86. The molecular weight excluding hydrogens is 417 g/mol. The molecule has 0 saturated carbocycles. The highest BCUT2D eigenvalue weighted by Crippen LogP contribution is 2.31.